The summed E-state index contributed by atoms with van der Waals surface area (Å²) >= 11 is 5.95. The van der Waals surface area contributed by atoms with E-state index in [4.69, 9.17) is 16.3 Å². The number of phenols is 1. The Kier molecular flexibility index (Phi) is 5.83. The predicted octanol–water partition coefficient (Wildman–Crippen LogP) is 4.04. The minimum Gasteiger partial charge on any atom is -0.508 e. The molecule has 1 amide bonds. The fourth-order valence-corrected chi connectivity index (χ4v) is 3.98. The van der Waals surface area contributed by atoms with Gasteiger partial charge in [0.2, 0.25) is 9.84 Å². The lowest BCUT2D eigenvalue weighted by atomic mass is 10.2. The highest BCUT2D eigenvalue weighted by molar-refractivity contribution is 7.91. The maximum atomic E-state index is 13.1. The van der Waals surface area contributed by atoms with E-state index in [-0.39, 0.29) is 21.2 Å². The Bertz CT molecular complexity index is 892. The molecule has 0 fully saturated rings. The molecule has 140 valence electrons. The van der Waals surface area contributed by atoms with E-state index in [0.717, 1.165) is 0 Å². The molecule has 0 saturated carbocycles. The molecule has 0 bridgehead atoms. The Morgan fingerprint density at radius 1 is 1.15 bits per heavy atom. The second-order valence-corrected chi connectivity index (χ2v) is 9.06. The standard InChI is InChI=1S/C18H20ClNO5S/c1-18(2,3)25-17(22)20-16(14-11-12(19)9-10-15(14)21)26(23,24)13-7-5-4-6-8-13/h4-11,16,21H,1-3H3,(H,20,22). The van der Waals surface area contributed by atoms with Crippen molar-refractivity contribution in [1.29, 1.82) is 0 Å². The lowest BCUT2D eigenvalue weighted by Gasteiger charge is -2.24. The van der Waals surface area contributed by atoms with E-state index in [1.807, 2.05) is 0 Å². The smallest absolute Gasteiger partial charge is 0.408 e. The number of sulfone groups is 1. The van der Waals surface area contributed by atoms with E-state index in [1.54, 1.807) is 39.0 Å². The monoisotopic (exact) mass is 397 g/mol. The van der Waals surface area contributed by atoms with E-state index < -0.39 is 26.9 Å². The molecule has 0 saturated heterocycles. The van der Waals surface area contributed by atoms with Gasteiger partial charge in [-0.2, -0.15) is 0 Å². The van der Waals surface area contributed by atoms with Crippen LogP contribution >= 0.6 is 11.6 Å². The Morgan fingerprint density at radius 3 is 2.35 bits per heavy atom. The van der Waals surface area contributed by atoms with Gasteiger partial charge in [-0.3, -0.25) is 0 Å². The van der Waals surface area contributed by atoms with Gasteiger partial charge in [-0.05, 0) is 51.1 Å². The van der Waals surface area contributed by atoms with Crippen LogP contribution in [0.1, 0.15) is 31.7 Å². The lowest BCUT2D eigenvalue weighted by Crippen LogP contribution is -2.38. The molecule has 0 radical (unpaired) electrons. The minimum atomic E-state index is -4.07. The van der Waals surface area contributed by atoms with Gasteiger partial charge in [-0.15, -0.1) is 0 Å². The molecule has 2 aromatic carbocycles. The molecule has 26 heavy (non-hydrogen) atoms. The van der Waals surface area contributed by atoms with Gasteiger partial charge in [0, 0.05) is 10.6 Å². The van der Waals surface area contributed by atoms with Crippen LogP contribution < -0.4 is 5.32 Å². The van der Waals surface area contributed by atoms with Crippen molar-refractivity contribution in [3.63, 3.8) is 0 Å². The minimum absolute atomic E-state index is 0.0135. The average molecular weight is 398 g/mol. The summed E-state index contributed by atoms with van der Waals surface area (Å²) in [4.78, 5) is 12.2. The first kappa shape index (κ1) is 20.1. The van der Waals surface area contributed by atoms with E-state index in [2.05, 4.69) is 5.32 Å². The molecule has 8 heteroatoms. The van der Waals surface area contributed by atoms with Crippen molar-refractivity contribution in [2.45, 2.75) is 36.6 Å². The fourth-order valence-electron chi connectivity index (χ4n) is 2.22. The summed E-state index contributed by atoms with van der Waals surface area (Å²) in [5.41, 5.74) is -0.867. The second-order valence-electron chi connectivity index (χ2n) is 6.59. The van der Waals surface area contributed by atoms with Crippen LogP contribution in [0.5, 0.6) is 5.75 Å². The number of hydrogen-bond acceptors (Lipinski definition) is 5. The lowest BCUT2D eigenvalue weighted by molar-refractivity contribution is 0.0519. The van der Waals surface area contributed by atoms with Gasteiger partial charge in [-0.1, -0.05) is 29.8 Å². The summed E-state index contributed by atoms with van der Waals surface area (Å²) in [7, 11) is -4.07. The summed E-state index contributed by atoms with van der Waals surface area (Å²) in [6.07, 6.45) is -0.929. The third kappa shape index (κ3) is 4.89. The molecule has 0 aliphatic carbocycles. The number of amides is 1. The van der Waals surface area contributed by atoms with E-state index in [1.165, 1.54) is 30.3 Å². The number of nitrogens with one attached hydrogen (secondary N) is 1. The van der Waals surface area contributed by atoms with Crippen LogP contribution in [0.15, 0.2) is 53.4 Å². The van der Waals surface area contributed by atoms with Gasteiger partial charge in [-0.25, -0.2) is 13.2 Å². The number of ether oxygens (including phenoxy) is 1. The summed E-state index contributed by atoms with van der Waals surface area (Å²) in [5.74, 6) is -0.310. The highest BCUT2D eigenvalue weighted by Crippen LogP contribution is 2.34. The van der Waals surface area contributed by atoms with Gasteiger partial charge in [0.25, 0.3) is 0 Å². The normalized spacial score (nSPS) is 13.1. The molecule has 1 atom stereocenters. The number of carbonyl (C=O) groups is 1. The maximum Gasteiger partial charge on any atom is 0.408 e. The summed E-state index contributed by atoms with van der Waals surface area (Å²) in [6.45, 7) is 4.97. The highest BCUT2D eigenvalue weighted by Gasteiger charge is 2.34. The predicted molar refractivity (Wildman–Crippen MR) is 98.9 cm³/mol. The van der Waals surface area contributed by atoms with Crippen LogP contribution in [-0.2, 0) is 14.6 Å². The SMILES string of the molecule is CC(C)(C)OC(=O)NC(c1cc(Cl)ccc1O)S(=O)(=O)c1ccccc1. The average Bonchev–Trinajstić information content (AvgIpc) is 2.54. The van der Waals surface area contributed by atoms with Gasteiger partial charge in [0.15, 0.2) is 5.37 Å². The van der Waals surface area contributed by atoms with Crippen LogP contribution in [0.25, 0.3) is 0 Å². The first-order chi connectivity index (χ1) is 12.0. The quantitative estimate of drug-likeness (QED) is 0.812. The number of rotatable bonds is 4. The molecule has 0 spiro atoms. The van der Waals surface area contributed by atoms with Crippen LogP contribution in [0.2, 0.25) is 5.02 Å². The third-order valence-electron chi connectivity index (χ3n) is 3.30. The molecule has 0 aliphatic heterocycles. The Labute approximate surface area is 157 Å². The van der Waals surface area contributed by atoms with Crippen molar-refractivity contribution in [1.82, 2.24) is 5.32 Å². The number of benzene rings is 2. The molecule has 1 unspecified atom stereocenters. The molecule has 0 aromatic heterocycles. The third-order valence-corrected chi connectivity index (χ3v) is 5.46. The Hall–Kier alpha value is -2.25. The van der Waals surface area contributed by atoms with Crippen molar-refractivity contribution in [2.75, 3.05) is 0 Å². The first-order valence-electron chi connectivity index (χ1n) is 7.77. The molecular weight excluding hydrogens is 378 g/mol. The Morgan fingerprint density at radius 2 is 1.77 bits per heavy atom. The number of carbonyl (C=O) groups excluding carboxylic acids is 1. The second kappa shape index (κ2) is 7.55. The number of phenolic OH excluding ortho intramolecular Hbond substituents is 1. The topological polar surface area (TPSA) is 92.7 Å². The fraction of sp³-hybridized carbons (Fsp3) is 0.278. The van der Waals surface area contributed by atoms with Crippen LogP contribution in [0.4, 0.5) is 4.79 Å². The van der Waals surface area contributed by atoms with Crippen LogP contribution in [0.3, 0.4) is 0 Å². The number of hydrogen-bond donors (Lipinski definition) is 2. The van der Waals surface area contributed by atoms with Crippen molar-refractivity contribution in [3.8, 4) is 5.75 Å². The van der Waals surface area contributed by atoms with E-state index in [9.17, 15) is 18.3 Å². The number of alkyl carbamates (subject to hydrolysis) is 1. The molecule has 6 nitrogen and oxygen atoms in total. The van der Waals surface area contributed by atoms with Gasteiger partial charge < -0.3 is 15.2 Å². The van der Waals surface area contributed by atoms with E-state index in [0.29, 0.717) is 0 Å². The van der Waals surface area contributed by atoms with Crippen molar-refractivity contribution < 1.29 is 23.1 Å². The zero-order chi connectivity index (χ0) is 19.5. The Balaban J connectivity index is 2.52. The van der Waals surface area contributed by atoms with Crippen LogP contribution in [-0.4, -0.2) is 25.2 Å². The van der Waals surface area contributed by atoms with E-state index >= 15 is 0 Å². The first-order valence-corrected chi connectivity index (χ1v) is 9.70. The molecule has 0 aliphatic rings. The molecular formula is C18H20ClNO5S. The number of aromatic hydroxyl groups is 1. The zero-order valence-electron chi connectivity index (χ0n) is 14.6. The molecule has 0 heterocycles. The largest absolute Gasteiger partial charge is 0.508 e. The number of halogens is 1. The molecule has 2 N–H and O–H groups in total. The van der Waals surface area contributed by atoms with Gasteiger partial charge in [0.1, 0.15) is 11.4 Å². The van der Waals surface area contributed by atoms with Gasteiger partial charge >= 0.3 is 6.09 Å². The van der Waals surface area contributed by atoms with Crippen molar-refractivity contribution in [2.24, 2.45) is 0 Å². The summed E-state index contributed by atoms with van der Waals surface area (Å²) < 4.78 is 31.3. The molecule has 2 aromatic rings. The summed E-state index contributed by atoms with van der Waals surface area (Å²) in [5, 5.41) is 11.1. The van der Waals surface area contributed by atoms with Crippen molar-refractivity contribution in [3.05, 3.63) is 59.1 Å². The van der Waals surface area contributed by atoms with Gasteiger partial charge in [0.05, 0.1) is 4.90 Å². The van der Waals surface area contributed by atoms with Crippen molar-refractivity contribution >= 4 is 27.5 Å². The van der Waals surface area contributed by atoms with Crippen LogP contribution in [0, 0.1) is 0 Å². The zero-order valence-corrected chi connectivity index (χ0v) is 16.1. The highest BCUT2D eigenvalue weighted by atomic mass is 35.5. The molecule has 2 rings (SSSR count). The summed E-state index contributed by atoms with van der Waals surface area (Å²) in [6, 6.07) is 11.6. The maximum absolute atomic E-state index is 13.1.